The summed E-state index contributed by atoms with van der Waals surface area (Å²) in [6, 6.07) is -0.0568. The third kappa shape index (κ3) is 3.46. The number of hydrogen-bond acceptors (Lipinski definition) is 4. The van der Waals surface area contributed by atoms with E-state index >= 15 is 0 Å². The first-order valence-corrected chi connectivity index (χ1v) is 6.33. The van der Waals surface area contributed by atoms with Crippen LogP contribution in [0.3, 0.4) is 0 Å². The van der Waals surface area contributed by atoms with Crippen LogP contribution in [0, 0.1) is 5.92 Å². The maximum atomic E-state index is 11.7. The average Bonchev–Trinajstić information content (AvgIpc) is 2.31. The van der Waals surface area contributed by atoms with Crippen LogP contribution in [0.1, 0.15) is 33.1 Å². The molecular formula is C12H24N2O2. The van der Waals surface area contributed by atoms with E-state index < -0.39 is 0 Å². The van der Waals surface area contributed by atoms with E-state index in [-0.39, 0.29) is 12.0 Å². The van der Waals surface area contributed by atoms with Gasteiger partial charge < -0.3 is 10.5 Å². The number of ether oxygens (including phenoxy) is 1. The third-order valence-electron chi connectivity index (χ3n) is 3.37. The van der Waals surface area contributed by atoms with Gasteiger partial charge in [0.25, 0.3) is 0 Å². The van der Waals surface area contributed by atoms with Gasteiger partial charge in [-0.2, -0.15) is 0 Å². The van der Waals surface area contributed by atoms with Gasteiger partial charge in [-0.05, 0) is 51.7 Å². The van der Waals surface area contributed by atoms with Crippen molar-refractivity contribution >= 4 is 5.97 Å². The molecule has 1 heterocycles. The van der Waals surface area contributed by atoms with Gasteiger partial charge in [-0.15, -0.1) is 0 Å². The highest BCUT2D eigenvalue weighted by Gasteiger charge is 2.28. The lowest BCUT2D eigenvalue weighted by Crippen LogP contribution is -2.46. The number of likely N-dealkylation sites (tertiary alicyclic amines) is 1. The number of rotatable bonds is 5. The molecule has 0 bridgehead atoms. The van der Waals surface area contributed by atoms with E-state index in [1.165, 1.54) is 0 Å². The Kier molecular flexibility index (Phi) is 5.77. The molecule has 0 amide bonds. The van der Waals surface area contributed by atoms with E-state index in [0.29, 0.717) is 12.5 Å². The Balaban J connectivity index is 2.45. The third-order valence-corrected chi connectivity index (χ3v) is 3.37. The predicted molar refractivity (Wildman–Crippen MR) is 64.1 cm³/mol. The fourth-order valence-corrected chi connectivity index (χ4v) is 2.31. The lowest BCUT2D eigenvalue weighted by Gasteiger charge is -2.35. The minimum absolute atomic E-state index is 0.0568. The van der Waals surface area contributed by atoms with Crippen molar-refractivity contribution in [3.8, 4) is 0 Å². The normalized spacial score (nSPS) is 20.7. The molecule has 1 rings (SSSR count). The predicted octanol–water partition coefficient (Wildman–Crippen LogP) is 0.999. The molecule has 1 fully saturated rings. The molecule has 0 aromatic heterocycles. The summed E-state index contributed by atoms with van der Waals surface area (Å²) in [7, 11) is 0. The number of nitrogens with zero attached hydrogens (tertiary/aromatic N) is 1. The summed E-state index contributed by atoms with van der Waals surface area (Å²) >= 11 is 0. The summed E-state index contributed by atoms with van der Waals surface area (Å²) in [5, 5.41) is 0. The Bertz CT molecular complexity index is 213. The number of carbonyl (C=O) groups excluding carboxylic acids is 1. The first-order chi connectivity index (χ1) is 7.72. The van der Waals surface area contributed by atoms with Crippen LogP contribution in [0.15, 0.2) is 0 Å². The number of hydrogen-bond donors (Lipinski definition) is 1. The highest BCUT2D eigenvalue weighted by atomic mass is 16.5. The quantitative estimate of drug-likeness (QED) is 0.713. The molecule has 16 heavy (non-hydrogen) atoms. The second-order valence-corrected chi connectivity index (χ2v) is 4.39. The van der Waals surface area contributed by atoms with E-state index in [1.54, 1.807) is 0 Å². The van der Waals surface area contributed by atoms with Crippen LogP contribution in [-0.2, 0) is 9.53 Å². The zero-order valence-corrected chi connectivity index (χ0v) is 10.4. The smallest absolute Gasteiger partial charge is 0.323 e. The Hall–Kier alpha value is -0.610. The van der Waals surface area contributed by atoms with Crippen molar-refractivity contribution < 1.29 is 9.53 Å². The largest absolute Gasteiger partial charge is 0.465 e. The molecule has 1 aliphatic rings. The first-order valence-electron chi connectivity index (χ1n) is 6.33. The fraction of sp³-hybridized carbons (Fsp3) is 0.917. The van der Waals surface area contributed by atoms with Crippen molar-refractivity contribution in [2.75, 3.05) is 26.2 Å². The maximum Gasteiger partial charge on any atom is 0.323 e. The zero-order valence-electron chi connectivity index (χ0n) is 10.4. The van der Waals surface area contributed by atoms with Gasteiger partial charge in [0.05, 0.1) is 6.61 Å². The molecule has 94 valence electrons. The van der Waals surface area contributed by atoms with Gasteiger partial charge in [-0.3, -0.25) is 9.69 Å². The molecule has 2 N–H and O–H groups in total. The van der Waals surface area contributed by atoms with Gasteiger partial charge in [-0.25, -0.2) is 0 Å². The maximum absolute atomic E-state index is 11.7. The summed E-state index contributed by atoms with van der Waals surface area (Å²) in [6.45, 7) is 7.07. The molecule has 1 saturated heterocycles. The number of piperidine rings is 1. The Morgan fingerprint density at radius 2 is 2.06 bits per heavy atom. The molecule has 4 heteroatoms. The molecule has 4 nitrogen and oxygen atoms in total. The Labute approximate surface area is 98.1 Å². The van der Waals surface area contributed by atoms with Crippen molar-refractivity contribution in [2.45, 2.75) is 39.2 Å². The molecule has 0 aromatic carbocycles. The van der Waals surface area contributed by atoms with E-state index in [1.807, 2.05) is 13.8 Å². The molecule has 0 spiro atoms. The van der Waals surface area contributed by atoms with Crippen LogP contribution in [0.2, 0.25) is 0 Å². The monoisotopic (exact) mass is 228 g/mol. The van der Waals surface area contributed by atoms with Gasteiger partial charge in [0.15, 0.2) is 0 Å². The van der Waals surface area contributed by atoms with Crippen LogP contribution in [0.5, 0.6) is 0 Å². The van der Waals surface area contributed by atoms with Crippen molar-refractivity contribution in [3.63, 3.8) is 0 Å². The van der Waals surface area contributed by atoms with E-state index in [4.69, 9.17) is 10.5 Å². The van der Waals surface area contributed by atoms with Crippen LogP contribution < -0.4 is 5.73 Å². The minimum Gasteiger partial charge on any atom is -0.465 e. The van der Waals surface area contributed by atoms with Gasteiger partial charge in [0.2, 0.25) is 0 Å². The van der Waals surface area contributed by atoms with E-state index in [9.17, 15) is 4.79 Å². The molecule has 1 atom stereocenters. The van der Waals surface area contributed by atoms with Gasteiger partial charge in [-0.1, -0.05) is 6.92 Å². The summed E-state index contributed by atoms with van der Waals surface area (Å²) in [5.41, 5.74) is 5.65. The molecule has 0 radical (unpaired) electrons. The van der Waals surface area contributed by atoms with Crippen molar-refractivity contribution in [1.29, 1.82) is 0 Å². The lowest BCUT2D eigenvalue weighted by atomic mass is 9.95. The molecule has 0 saturated carbocycles. The second-order valence-electron chi connectivity index (χ2n) is 4.39. The second kappa shape index (κ2) is 6.86. The van der Waals surface area contributed by atoms with Crippen molar-refractivity contribution in [1.82, 2.24) is 4.90 Å². The molecule has 0 aromatic rings. The standard InChI is InChI=1S/C12H24N2O2/c1-3-11(12(15)16-4-2)14-7-5-10(9-13)6-8-14/h10-11H,3-9,13H2,1-2H3. The summed E-state index contributed by atoms with van der Waals surface area (Å²) in [6.07, 6.45) is 3.03. The summed E-state index contributed by atoms with van der Waals surface area (Å²) < 4.78 is 5.10. The van der Waals surface area contributed by atoms with Crippen LogP contribution in [0.4, 0.5) is 0 Å². The average molecular weight is 228 g/mol. The molecule has 1 unspecified atom stereocenters. The number of carbonyl (C=O) groups is 1. The number of esters is 1. The summed E-state index contributed by atoms with van der Waals surface area (Å²) in [5.74, 6) is 0.562. The van der Waals surface area contributed by atoms with Crippen LogP contribution in [0.25, 0.3) is 0 Å². The zero-order chi connectivity index (χ0) is 12.0. The molecular weight excluding hydrogens is 204 g/mol. The van der Waals surface area contributed by atoms with Gasteiger partial charge >= 0.3 is 5.97 Å². The van der Waals surface area contributed by atoms with Gasteiger partial charge in [0.1, 0.15) is 6.04 Å². The SMILES string of the molecule is CCOC(=O)C(CC)N1CCC(CN)CC1. The topological polar surface area (TPSA) is 55.6 Å². The fourth-order valence-electron chi connectivity index (χ4n) is 2.31. The van der Waals surface area contributed by atoms with Crippen molar-refractivity contribution in [3.05, 3.63) is 0 Å². The Morgan fingerprint density at radius 3 is 2.50 bits per heavy atom. The highest BCUT2D eigenvalue weighted by molar-refractivity contribution is 5.75. The molecule has 0 aliphatic carbocycles. The van der Waals surface area contributed by atoms with Crippen LogP contribution >= 0.6 is 0 Å². The lowest BCUT2D eigenvalue weighted by molar-refractivity contribution is -0.150. The summed E-state index contributed by atoms with van der Waals surface area (Å²) in [4.78, 5) is 14.0. The van der Waals surface area contributed by atoms with E-state index in [2.05, 4.69) is 4.90 Å². The first kappa shape index (κ1) is 13.5. The molecule has 1 aliphatic heterocycles. The van der Waals surface area contributed by atoms with E-state index in [0.717, 1.165) is 38.9 Å². The van der Waals surface area contributed by atoms with Crippen LogP contribution in [-0.4, -0.2) is 43.2 Å². The number of nitrogens with two attached hydrogens (primary N) is 1. The van der Waals surface area contributed by atoms with Crippen molar-refractivity contribution in [2.24, 2.45) is 11.7 Å². The van der Waals surface area contributed by atoms with Gasteiger partial charge in [0, 0.05) is 0 Å². The highest BCUT2D eigenvalue weighted by Crippen LogP contribution is 2.19. The minimum atomic E-state index is -0.0730. The Morgan fingerprint density at radius 1 is 1.44 bits per heavy atom.